The molecule has 0 saturated carbocycles. The first-order chi connectivity index (χ1) is 20.6. The third-order valence-electron chi connectivity index (χ3n) is 7.31. The quantitative estimate of drug-likeness (QED) is 0.208. The zero-order valence-electron chi connectivity index (χ0n) is 24.6. The van der Waals surface area contributed by atoms with Crippen LogP contribution in [0.5, 0.6) is 11.5 Å². The summed E-state index contributed by atoms with van der Waals surface area (Å²) in [6, 6.07) is 10.9. The van der Waals surface area contributed by atoms with Crippen molar-refractivity contribution in [3.05, 3.63) is 54.5 Å². The van der Waals surface area contributed by atoms with E-state index in [9.17, 15) is 13.0 Å². The van der Waals surface area contributed by atoms with Gasteiger partial charge >= 0.3 is 0 Å². The van der Waals surface area contributed by atoms with Crippen LogP contribution < -0.4 is 19.5 Å². The van der Waals surface area contributed by atoms with Gasteiger partial charge in [0.05, 0.1) is 55.9 Å². The third kappa shape index (κ3) is 7.13. The molecule has 4 aromatic rings. The van der Waals surface area contributed by atoms with E-state index < -0.39 is 20.6 Å². The van der Waals surface area contributed by atoms with Crippen LogP contribution in [0.4, 0.5) is 17.3 Å². The van der Waals surface area contributed by atoms with Crippen molar-refractivity contribution in [3.63, 3.8) is 0 Å². The molecular weight excluding hydrogens is 594 g/mol. The maximum Gasteiger partial charge on any atom is 0.282 e. The molecule has 1 fully saturated rings. The van der Waals surface area contributed by atoms with Crippen molar-refractivity contribution in [2.45, 2.75) is 17.9 Å². The zero-order valence-corrected chi connectivity index (χ0v) is 26.2. The number of para-hydroxylation sites is 2. The van der Waals surface area contributed by atoms with Gasteiger partial charge in [-0.05, 0) is 31.5 Å². The minimum absolute atomic E-state index is 0.0264. The van der Waals surface area contributed by atoms with Crippen LogP contribution in [0.3, 0.4) is 0 Å². The summed E-state index contributed by atoms with van der Waals surface area (Å²) >= 11 is 0. The minimum Gasteiger partial charge on any atom is -0.497 e. The molecule has 232 valence electrons. The van der Waals surface area contributed by atoms with E-state index in [1.807, 2.05) is 30.3 Å². The highest BCUT2D eigenvalue weighted by molar-refractivity contribution is 8.25. The maximum absolute atomic E-state index is 13.2. The van der Waals surface area contributed by atoms with Crippen LogP contribution in [0.2, 0.25) is 0 Å². The number of methoxy groups -OCH3 is 2. The summed E-state index contributed by atoms with van der Waals surface area (Å²) in [5.41, 5.74) is 2.65. The smallest absolute Gasteiger partial charge is 0.282 e. The van der Waals surface area contributed by atoms with Crippen LogP contribution in [-0.2, 0) is 27.7 Å². The molecule has 0 amide bonds. The topological polar surface area (TPSA) is 153 Å². The number of fused-ring (bicyclic) bond motifs is 1. The summed E-state index contributed by atoms with van der Waals surface area (Å²) in [5, 5.41) is 3.19. The van der Waals surface area contributed by atoms with Crippen molar-refractivity contribution in [2.24, 2.45) is 7.05 Å². The van der Waals surface area contributed by atoms with Crippen LogP contribution in [0.1, 0.15) is 12.0 Å². The molecule has 3 heterocycles. The highest BCUT2D eigenvalue weighted by Crippen LogP contribution is 2.45. The fraction of sp³-hybridized carbons (Fsp3) is 0.393. The SMILES string of the molecule is COc1cc(Nc2nc3ccccc3nc2NS(=O)(=O)c2cn(C)cn2)c(CCCN2CCS(O)(OC)CC2)c(OC)c1. The van der Waals surface area contributed by atoms with Gasteiger partial charge in [-0.3, -0.25) is 13.5 Å². The molecule has 0 bridgehead atoms. The molecule has 1 aliphatic rings. The Hall–Kier alpha value is -3.63. The Balaban J connectivity index is 1.45. The number of aromatic nitrogens is 4. The molecule has 0 aliphatic carbocycles. The normalized spacial score (nSPS) is 16.1. The van der Waals surface area contributed by atoms with Gasteiger partial charge in [0.15, 0.2) is 16.7 Å². The number of hydrogen-bond acceptors (Lipinski definition) is 11. The number of hydrogen-bond donors (Lipinski definition) is 3. The van der Waals surface area contributed by atoms with Crippen molar-refractivity contribution < 1.29 is 26.6 Å². The third-order valence-corrected chi connectivity index (χ3v) is 10.8. The molecule has 0 spiro atoms. The fourth-order valence-corrected chi connectivity index (χ4v) is 7.53. The Morgan fingerprint density at radius 3 is 2.33 bits per heavy atom. The van der Waals surface area contributed by atoms with Crippen LogP contribution in [-0.4, -0.2) is 89.9 Å². The monoisotopic (exact) mass is 631 g/mol. The minimum atomic E-state index is -4.05. The Kier molecular flexibility index (Phi) is 9.27. The Bertz CT molecular complexity index is 1690. The lowest BCUT2D eigenvalue weighted by Crippen LogP contribution is -2.39. The van der Waals surface area contributed by atoms with E-state index in [4.69, 9.17) is 18.6 Å². The van der Waals surface area contributed by atoms with Crippen molar-refractivity contribution in [3.8, 4) is 11.5 Å². The second-order valence-electron chi connectivity index (χ2n) is 10.2. The van der Waals surface area contributed by atoms with E-state index in [-0.39, 0.29) is 16.7 Å². The van der Waals surface area contributed by atoms with Gasteiger partial charge in [-0.25, -0.2) is 15.0 Å². The number of aryl methyl sites for hydroxylation is 1. The lowest BCUT2D eigenvalue weighted by atomic mass is 10.0. The molecule has 15 heteroatoms. The van der Waals surface area contributed by atoms with Gasteiger partial charge in [-0.2, -0.15) is 19.0 Å². The van der Waals surface area contributed by atoms with Gasteiger partial charge in [-0.1, -0.05) is 12.1 Å². The largest absolute Gasteiger partial charge is 0.497 e. The summed E-state index contributed by atoms with van der Waals surface area (Å²) in [6.45, 7) is 2.38. The first-order valence-electron chi connectivity index (χ1n) is 13.7. The highest BCUT2D eigenvalue weighted by atomic mass is 32.3. The number of nitrogens with one attached hydrogen (secondary N) is 2. The predicted octanol–water partition coefficient (Wildman–Crippen LogP) is 4.01. The molecule has 2 aromatic heterocycles. The van der Waals surface area contributed by atoms with Crippen LogP contribution in [0.25, 0.3) is 11.0 Å². The van der Waals surface area contributed by atoms with Crippen molar-refractivity contribution in [2.75, 3.05) is 62.5 Å². The predicted molar refractivity (Wildman–Crippen MR) is 168 cm³/mol. The van der Waals surface area contributed by atoms with Gasteiger partial charge in [0, 0.05) is 44.0 Å². The average molecular weight is 632 g/mol. The van der Waals surface area contributed by atoms with Gasteiger partial charge in [-0.15, -0.1) is 0 Å². The summed E-state index contributed by atoms with van der Waals surface area (Å²) < 4.78 is 57.7. The molecule has 13 nitrogen and oxygen atoms in total. The molecule has 43 heavy (non-hydrogen) atoms. The molecule has 0 atom stereocenters. The molecule has 2 aromatic carbocycles. The molecule has 1 aliphatic heterocycles. The van der Waals surface area contributed by atoms with Crippen LogP contribution in [0, 0.1) is 0 Å². The van der Waals surface area contributed by atoms with E-state index in [2.05, 4.69) is 24.9 Å². The van der Waals surface area contributed by atoms with E-state index in [0.29, 0.717) is 46.1 Å². The maximum atomic E-state index is 13.2. The molecule has 5 rings (SSSR count). The van der Waals surface area contributed by atoms with Gasteiger partial charge in [0.1, 0.15) is 11.5 Å². The van der Waals surface area contributed by atoms with Gasteiger partial charge in [0.25, 0.3) is 10.0 Å². The van der Waals surface area contributed by atoms with Crippen LogP contribution >= 0.6 is 10.6 Å². The first kappa shape index (κ1) is 30.8. The Morgan fingerprint density at radius 1 is 1.02 bits per heavy atom. The standard InChI is InChI=1S/C28H37N7O6S2/c1-34-18-26(29-19-34)43(37,38)33-28-27(30-22-9-5-6-10-23(22)31-28)32-24-16-20(39-2)17-25(40-3)21(24)8-7-11-35-12-14-42(36,41-4)15-13-35/h5-6,9-10,16-19,36H,7-8,11-15H2,1-4H3,(H,30,32)(H,31,33). The second kappa shape index (κ2) is 12.9. The number of ether oxygens (including phenoxy) is 2. The fourth-order valence-electron chi connectivity index (χ4n) is 4.91. The second-order valence-corrected chi connectivity index (χ2v) is 14.5. The molecule has 1 saturated heterocycles. The van der Waals surface area contributed by atoms with Crippen LogP contribution in [0.15, 0.2) is 53.9 Å². The number of benzene rings is 2. The van der Waals surface area contributed by atoms with Crippen molar-refractivity contribution in [1.29, 1.82) is 0 Å². The number of nitrogens with zero attached hydrogens (tertiary/aromatic N) is 5. The van der Waals surface area contributed by atoms with E-state index in [1.54, 1.807) is 39.0 Å². The average Bonchev–Trinajstić information content (AvgIpc) is 3.46. The summed E-state index contributed by atoms with van der Waals surface area (Å²) in [4.78, 5) is 15.6. The van der Waals surface area contributed by atoms with Crippen molar-refractivity contribution in [1.82, 2.24) is 24.4 Å². The number of rotatable bonds is 12. The summed E-state index contributed by atoms with van der Waals surface area (Å²) in [5.74, 6) is 2.71. The Labute approximate surface area is 253 Å². The lowest BCUT2D eigenvalue weighted by molar-refractivity contribution is 0.274. The first-order valence-corrected chi connectivity index (χ1v) is 17.1. The number of anilines is 3. The summed E-state index contributed by atoms with van der Waals surface area (Å²) in [6.07, 6.45) is 4.30. The van der Waals surface area contributed by atoms with E-state index >= 15 is 0 Å². The van der Waals surface area contributed by atoms with E-state index in [1.165, 1.54) is 12.5 Å². The number of imidazole rings is 1. The van der Waals surface area contributed by atoms with Crippen molar-refractivity contribution >= 4 is 49.0 Å². The molecule has 0 unspecified atom stereocenters. The highest BCUT2D eigenvalue weighted by Gasteiger charge is 2.25. The zero-order chi connectivity index (χ0) is 30.6. The van der Waals surface area contributed by atoms with Gasteiger partial charge < -0.3 is 24.3 Å². The molecule has 3 N–H and O–H groups in total. The lowest BCUT2D eigenvalue weighted by Gasteiger charge is -2.44. The summed E-state index contributed by atoms with van der Waals surface area (Å²) in [7, 11) is 0.434. The molecule has 0 radical (unpaired) electrons. The molecular formula is C28H37N7O6S2. The Morgan fingerprint density at radius 2 is 1.72 bits per heavy atom. The van der Waals surface area contributed by atoms with Gasteiger partial charge in [0.2, 0.25) is 0 Å². The number of sulfonamides is 1. The van der Waals surface area contributed by atoms with E-state index in [0.717, 1.165) is 31.6 Å².